The fourth-order valence-corrected chi connectivity index (χ4v) is 9.94. The van der Waals surface area contributed by atoms with Gasteiger partial charge in [-0.25, -0.2) is 14.4 Å². The summed E-state index contributed by atoms with van der Waals surface area (Å²) in [5.41, 5.74) is 3.95. The number of hydrogen-bond donors (Lipinski definition) is 2. The number of amides is 2. The number of carbonyl (C=O) groups is 2. The Morgan fingerprint density at radius 1 is 1.14 bits per heavy atom. The van der Waals surface area contributed by atoms with E-state index in [1.807, 2.05) is 36.4 Å². The molecule has 7 fully saturated rings. The molecule has 0 spiro atoms. The monoisotopic (exact) mass is 681 g/mol. The molecule has 262 valence electrons. The van der Waals surface area contributed by atoms with Gasteiger partial charge in [0, 0.05) is 36.1 Å². The van der Waals surface area contributed by atoms with E-state index in [1.165, 1.54) is 12.8 Å². The lowest BCUT2D eigenvalue weighted by atomic mass is 9.42. The summed E-state index contributed by atoms with van der Waals surface area (Å²) in [7, 11) is 1.64. The van der Waals surface area contributed by atoms with Crippen molar-refractivity contribution >= 4 is 28.5 Å². The van der Waals surface area contributed by atoms with Crippen LogP contribution in [0.2, 0.25) is 0 Å². The van der Waals surface area contributed by atoms with Gasteiger partial charge in [-0.05, 0) is 95.4 Å². The summed E-state index contributed by atoms with van der Waals surface area (Å²) in [4.78, 5) is 39.7. The Morgan fingerprint density at radius 2 is 1.96 bits per heavy atom. The molecular weight excluding hydrogens is 637 g/mol. The fraction of sp³-hybridized carbons (Fsp3) is 0.579. The standard InChI is InChI=1S/C38H44FN7O4/c1-20(41-36(48)37-17-38(39,18-37)19-37)26-8-6-23-12-28(44(34(23)42-26)16-22-4-5-22)32-21(2)45-30(43-32)13-24(14-31(45)49-3)35(47)46-25-7-9-27(46)33-29(15-25)50-11-10-40-33/h6,8,12-14,20,22,25,27,29,33,40H,4-5,7,9-11,15-19H2,1-3H3,(H,41,48)/t20-,25+,27-,29-,33+,37?,38?/m1/s1. The van der Waals surface area contributed by atoms with Crippen molar-refractivity contribution in [3.05, 3.63) is 47.3 Å². The molecule has 4 aromatic rings. The first-order valence-corrected chi connectivity index (χ1v) is 18.4. The number of methoxy groups -OCH3 is 1. The van der Waals surface area contributed by atoms with Crippen molar-refractivity contribution < 1.29 is 23.5 Å². The minimum Gasteiger partial charge on any atom is -0.482 e. The quantitative estimate of drug-likeness (QED) is 0.273. The largest absolute Gasteiger partial charge is 0.482 e. The number of ether oxygens (including phenoxy) is 2. The maximum atomic E-state index is 14.3. The van der Waals surface area contributed by atoms with Crippen molar-refractivity contribution in [1.29, 1.82) is 0 Å². The molecule has 4 aliphatic carbocycles. The molecule has 7 aliphatic rings. The van der Waals surface area contributed by atoms with Crippen LogP contribution in [0.25, 0.3) is 28.1 Å². The smallest absolute Gasteiger partial charge is 0.254 e. The van der Waals surface area contributed by atoms with Crippen molar-refractivity contribution in [3.8, 4) is 17.3 Å². The van der Waals surface area contributed by atoms with E-state index in [2.05, 4.69) is 32.2 Å². The number of nitrogens with zero attached hydrogens (tertiary/aromatic N) is 5. The van der Waals surface area contributed by atoms with Crippen molar-refractivity contribution in [2.45, 2.75) is 108 Å². The van der Waals surface area contributed by atoms with Crippen LogP contribution in [0.5, 0.6) is 5.88 Å². The van der Waals surface area contributed by atoms with Gasteiger partial charge in [0.1, 0.15) is 22.7 Å². The number of aryl methyl sites for hydroxylation is 1. The van der Waals surface area contributed by atoms with Crippen LogP contribution in [0.1, 0.15) is 86.1 Å². The molecule has 7 heterocycles. The van der Waals surface area contributed by atoms with E-state index in [9.17, 15) is 14.0 Å². The van der Waals surface area contributed by atoms with Crippen LogP contribution in [0, 0.1) is 18.3 Å². The van der Waals surface area contributed by atoms with E-state index >= 15 is 0 Å². The summed E-state index contributed by atoms with van der Waals surface area (Å²) in [6, 6.07) is 10.1. The summed E-state index contributed by atoms with van der Waals surface area (Å²) < 4.78 is 30.4. The van der Waals surface area contributed by atoms with Crippen LogP contribution in [0.3, 0.4) is 0 Å². The first kappa shape index (κ1) is 30.8. The number of hydrogen-bond acceptors (Lipinski definition) is 7. The van der Waals surface area contributed by atoms with Gasteiger partial charge in [0.05, 0.1) is 60.4 Å². The third-order valence-electron chi connectivity index (χ3n) is 12.7. The molecule has 4 aromatic heterocycles. The normalized spacial score (nSPS) is 31.6. The summed E-state index contributed by atoms with van der Waals surface area (Å²) >= 11 is 0. The minimum atomic E-state index is -1.12. The summed E-state index contributed by atoms with van der Waals surface area (Å²) in [5, 5.41) is 7.76. The maximum absolute atomic E-state index is 14.3. The third-order valence-corrected chi connectivity index (χ3v) is 12.7. The van der Waals surface area contributed by atoms with Gasteiger partial charge in [-0.3, -0.25) is 14.0 Å². The van der Waals surface area contributed by atoms with Crippen molar-refractivity contribution in [1.82, 2.24) is 34.5 Å². The van der Waals surface area contributed by atoms with E-state index < -0.39 is 11.1 Å². The van der Waals surface area contributed by atoms with Crippen LogP contribution in [0.15, 0.2) is 30.3 Å². The van der Waals surface area contributed by atoms with Gasteiger partial charge in [-0.1, -0.05) is 0 Å². The molecule has 11 rings (SSSR count). The zero-order chi connectivity index (χ0) is 34.1. The lowest BCUT2D eigenvalue weighted by Gasteiger charge is -2.64. The first-order chi connectivity index (χ1) is 24.1. The number of morpholine rings is 1. The SMILES string of the molecule is COc1cc(C(=O)N2[C@H]3CC[C@@H]2[C@@H]2NCCO[C@@H]2C3)cc2nc(-c3cc4ccc([C@@H](C)NC(=O)C56CC(F)(C5)C6)nc4n3CC3CC3)c(C)n12. The topological polar surface area (TPSA) is 115 Å². The van der Waals surface area contributed by atoms with Crippen molar-refractivity contribution in [2.75, 3.05) is 20.3 Å². The summed E-state index contributed by atoms with van der Waals surface area (Å²) in [6.07, 6.45) is 6.36. The molecule has 12 heteroatoms. The third kappa shape index (κ3) is 4.52. The molecule has 0 aromatic carbocycles. The van der Waals surface area contributed by atoms with Gasteiger partial charge in [0.2, 0.25) is 5.91 Å². The molecule has 4 bridgehead atoms. The van der Waals surface area contributed by atoms with Crippen LogP contribution in [-0.2, 0) is 16.1 Å². The Hall–Kier alpha value is -4.03. The maximum Gasteiger partial charge on any atom is 0.254 e. The minimum absolute atomic E-state index is 0.0188. The zero-order valence-corrected chi connectivity index (χ0v) is 28.9. The van der Waals surface area contributed by atoms with Gasteiger partial charge in [0.15, 0.2) is 5.88 Å². The lowest BCUT2D eigenvalue weighted by molar-refractivity contribution is -0.214. The van der Waals surface area contributed by atoms with E-state index in [4.69, 9.17) is 19.4 Å². The van der Waals surface area contributed by atoms with E-state index in [0.29, 0.717) is 42.3 Å². The number of fused-ring (bicyclic) bond motifs is 6. The Kier molecular flexibility index (Phi) is 6.61. The van der Waals surface area contributed by atoms with Crippen LogP contribution >= 0.6 is 0 Å². The lowest BCUT2D eigenvalue weighted by Crippen LogP contribution is -2.70. The van der Waals surface area contributed by atoms with Crippen molar-refractivity contribution in [2.24, 2.45) is 11.3 Å². The molecule has 2 amide bonds. The van der Waals surface area contributed by atoms with Gasteiger partial charge in [0.25, 0.3) is 5.91 Å². The Bertz CT molecular complexity index is 2070. The number of pyridine rings is 2. The number of carbonyl (C=O) groups excluding carboxylic acids is 2. The second kappa shape index (κ2) is 10.7. The number of piperidine rings is 1. The molecule has 3 aliphatic heterocycles. The van der Waals surface area contributed by atoms with Gasteiger partial charge >= 0.3 is 0 Å². The number of aromatic nitrogens is 4. The molecular formula is C38H44FN7O4. The second-order valence-corrected chi connectivity index (χ2v) is 16.1. The predicted molar refractivity (Wildman–Crippen MR) is 184 cm³/mol. The number of alkyl halides is 1. The Labute approximate surface area is 289 Å². The van der Waals surface area contributed by atoms with Crippen LogP contribution in [-0.4, -0.2) is 85.8 Å². The number of rotatable bonds is 8. The molecule has 3 saturated heterocycles. The molecule has 50 heavy (non-hydrogen) atoms. The fourth-order valence-electron chi connectivity index (χ4n) is 9.94. The highest BCUT2D eigenvalue weighted by Crippen LogP contribution is 2.69. The average Bonchev–Trinajstić information content (AvgIpc) is 3.65. The van der Waals surface area contributed by atoms with E-state index in [-0.39, 0.29) is 42.1 Å². The highest BCUT2D eigenvalue weighted by atomic mass is 19.1. The van der Waals surface area contributed by atoms with Crippen LogP contribution in [0.4, 0.5) is 4.39 Å². The highest BCUT2D eigenvalue weighted by molar-refractivity contribution is 5.96. The van der Waals surface area contributed by atoms with Crippen molar-refractivity contribution in [3.63, 3.8) is 0 Å². The Morgan fingerprint density at radius 3 is 2.72 bits per heavy atom. The van der Waals surface area contributed by atoms with Gasteiger partial charge in [-0.15, -0.1) is 0 Å². The summed E-state index contributed by atoms with van der Waals surface area (Å²) in [5.74, 6) is 1.10. The zero-order valence-electron chi connectivity index (χ0n) is 28.9. The van der Waals surface area contributed by atoms with E-state index in [0.717, 1.165) is 72.8 Å². The van der Waals surface area contributed by atoms with E-state index in [1.54, 1.807) is 7.11 Å². The first-order valence-electron chi connectivity index (χ1n) is 18.4. The molecule has 4 saturated carbocycles. The van der Waals surface area contributed by atoms with Crippen LogP contribution < -0.4 is 15.4 Å². The summed E-state index contributed by atoms with van der Waals surface area (Å²) in [6.45, 7) is 6.35. The number of imidazole rings is 1. The molecule has 2 N–H and O–H groups in total. The molecule has 0 unspecified atom stereocenters. The second-order valence-electron chi connectivity index (χ2n) is 16.1. The van der Waals surface area contributed by atoms with Gasteiger partial charge in [-0.2, -0.15) is 0 Å². The average molecular weight is 682 g/mol. The molecule has 0 radical (unpaired) electrons. The molecule has 5 atom stereocenters. The number of halogens is 1. The van der Waals surface area contributed by atoms with Gasteiger partial charge < -0.3 is 29.6 Å². The molecule has 11 nitrogen and oxygen atoms in total. The number of nitrogens with one attached hydrogen (secondary N) is 2. The predicted octanol–water partition coefficient (Wildman–Crippen LogP) is 4.88. The Balaban J connectivity index is 0.995. The highest BCUT2D eigenvalue weighted by Gasteiger charge is 2.72.